The zero-order valence-corrected chi connectivity index (χ0v) is 17.2. The van der Waals surface area contributed by atoms with Gasteiger partial charge in [0.1, 0.15) is 0 Å². The van der Waals surface area contributed by atoms with Gasteiger partial charge in [-0.05, 0) is 43.2 Å². The number of nitrogens with zero attached hydrogens (tertiary/aromatic N) is 4. The minimum Gasteiger partial charge on any atom is -0.454 e. The van der Waals surface area contributed by atoms with E-state index < -0.39 is 0 Å². The zero-order valence-electron chi connectivity index (χ0n) is 17.2. The molecule has 31 heavy (non-hydrogen) atoms. The van der Waals surface area contributed by atoms with Crippen molar-refractivity contribution in [2.75, 3.05) is 24.8 Å². The van der Waals surface area contributed by atoms with Crippen molar-refractivity contribution >= 4 is 11.7 Å². The van der Waals surface area contributed by atoms with Crippen molar-refractivity contribution in [1.82, 2.24) is 14.5 Å². The molecule has 2 aromatic heterocycles. The highest BCUT2D eigenvalue weighted by Gasteiger charge is 2.29. The highest BCUT2D eigenvalue weighted by Crippen LogP contribution is 2.34. The molecule has 1 saturated heterocycles. The first-order valence-corrected chi connectivity index (χ1v) is 10.3. The van der Waals surface area contributed by atoms with E-state index in [1.54, 1.807) is 37.6 Å². The second-order valence-corrected chi connectivity index (χ2v) is 7.79. The predicted octanol–water partition coefficient (Wildman–Crippen LogP) is 2.67. The average Bonchev–Trinajstić information content (AvgIpc) is 3.29. The Labute approximate surface area is 179 Å². The number of hydrogen-bond donors (Lipinski definition) is 0. The molecule has 0 aliphatic carbocycles. The van der Waals surface area contributed by atoms with E-state index in [0.29, 0.717) is 35.2 Å². The molecule has 4 heterocycles. The minimum atomic E-state index is -0.185. The molecule has 0 amide bonds. The predicted molar refractivity (Wildman–Crippen MR) is 115 cm³/mol. The number of Topliss-reactive ketones (excluding diaryl/α,β-unsaturated/α-hetero) is 1. The van der Waals surface area contributed by atoms with Crippen molar-refractivity contribution in [3.8, 4) is 22.8 Å². The lowest BCUT2D eigenvalue weighted by molar-refractivity contribution is 0.0906. The molecule has 0 saturated carbocycles. The van der Waals surface area contributed by atoms with E-state index in [0.717, 1.165) is 24.9 Å². The van der Waals surface area contributed by atoms with Crippen LogP contribution in [-0.4, -0.2) is 40.2 Å². The number of benzene rings is 1. The second kappa shape index (κ2) is 7.86. The van der Waals surface area contributed by atoms with Gasteiger partial charge in [0.05, 0.1) is 5.69 Å². The van der Waals surface area contributed by atoms with Crippen LogP contribution in [0.15, 0.2) is 53.6 Å². The third-order valence-electron chi connectivity index (χ3n) is 5.82. The number of anilines is 1. The van der Waals surface area contributed by atoms with Gasteiger partial charge in [-0.1, -0.05) is 0 Å². The number of ketones is 1. The van der Waals surface area contributed by atoms with Crippen molar-refractivity contribution in [2.24, 2.45) is 13.0 Å². The van der Waals surface area contributed by atoms with Crippen LogP contribution in [0.4, 0.5) is 5.95 Å². The van der Waals surface area contributed by atoms with E-state index in [-0.39, 0.29) is 24.1 Å². The largest absolute Gasteiger partial charge is 0.454 e. The van der Waals surface area contributed by atoms with Gasteiger partial charge in [0.25, 0.3) is 5.56 Å². The quantitative estimate of drug-likeness (QED) is 0.602. The number of hydrogen-bond acceptors (Lipinski definition) is 7. The fraction of sp³-hybridized carbons (Fsp3) is 0.304. The number of pyridine rings is 1. The summed E-state index contributed by atoms with van der Waals surface area (Å²) in [7, 11) is 1.71. The molecule has 2 aliphatic heterocycles. The van der Waals surface area contributed by atoms with Gasteiger partial charge in [0.2, 0.25) is 12.7 Å². The SMILES string of the molecule is Cn1c(N2CCCC(C(=O)c3ccc4c(c3)OCO4)C2)nc(-c2ccncc2)cc1=O. The van der Waals surface area contributed by atoms with E-state index in [1.165, 1.54) is 10.6 Å². The van der Waals surface area contributed by atoms with E-state index in [1.807, 2.05) is 17.0 Å². The Balaban J connectivity index is 1.42. The maximum absolute atomic E-state index is 13.2. The Bertz CT molecular complexity index is 1190. The number of piperidine rings is 1. The van der Waals surface area contributed by atoms with Crippen molar-refractivity contribution in [1.29, 1.82) is 0 Å². The van der Waals surface area contributed by atoms with Crippen LogP contribution in [0.2, 0.25) is 0 Å². The zero-order chi connectivity index (χ0) is 21.4. The molecule has 1 atom stereocenters. The fourth-order valence-electron chi connectivity index (χ4n) is 4.14. The van der Waals surface area contributed by atoms with Crippen molar-refractivity contribution in [3.05, 3.63) is 64.7 Å². The average molecular weight is 418 g/mol. The van der Waals surface area contributed by atoms with Gasteiger partial charge in [0, 0.05) is 55.6 Å². The van der Waals surface area contributed by atoms with Crippen LogP contribution in [0.5, 0.6) is 11.5 Å². The van der Waals surface area contributed by atoms with Crippen LogP contribution in [0.1, 0.15) is 23.2 Å². The number of aromatic nitrogens is 3. The highest BCUT2D eigenvalue weighted by atomic mass is 16.7. The normalized spacial score (nSPS) is 17.6. The summed E-state index contributed by atoms with van der Waals surface area (Å²) < 4.78 is 12.3. The molecule has 0 spiro atoms. The molecule has 1 unspecified atom stereocenters. The van der Waals surface area contributed by atoms with Gasteiger partial charge in [-0.15, -0.1) is 0 Å². The number of ether oxygens (including phenoxy) is 2. The number of rotatable bonds is 4. The lowest BCUT2D eigenvalue weighted by atomic mass is 9.90. The van der Waals surface area contributed by atoms with E-state index in [2.05, 4.69) is 4.98 Å². The lowest BCUT2D eigenvalue weighted by Crippen LogP contribution is -2.41. The third kappa shape index (κ3) is 3.65. The molecule has 8 nitrogen and oxygen atoms in total. The van der Waals surface area contributed by atoms with Crippen LogP contribution in [0.3, 0.4) is 0 Å². The molecule has 1 fully saturated rings. The molecule has 0 radical (unpaired) electrons. The van der Waals surface area contributed by atoms with Crippen LogP contribution in [0, 0.1) is 5.92 Å². The van der Waals surface area contributed by atoms with E-state index in [4.69, 9.17) is 14.5 Å². The molecule has 8 heteroatoms. The number of carbonyl (C=O) groups excluding carboxylic acids is 1. The molecular formula is C23H22N4O4. The van der Waals surface area contributed by atoms with Crippen molar-refractivity contribution < 1.29 is 14.3 Å². The van der Waals surface area contributed by atoms with Crippen LogP contribution in [-0.2, 0) is 7.05 Å². The van der Waals surface area contributed by atoms with E-state index >= 15 is 0 Å². The molecule has 0 N–H and O–H groups in total. The smallest absolute Gasteiger partial charge is 0.255 e. The Hall–Kier alpha value is -3.68. The molecule has 3 aromatic rings. The lowest BCUT2D eigenvalue weighted by Gasteiger charge is -2.33. The van der Waals surface area contributed by atoms with Gasteiger partial charge in [-0.3, -0.25) is 19.1 Å². The highest BCUT2D eigenvalue weighted by molar-refractivity contribution is 5.99. The minimum absolute atomic E-state index is 0.0679. The van der Waals surface area contributed by atoms with Gasteiger partial charge < -0.3 is 14.4 Å². The van der Waals surface area contributed by atoms with Crippen LogP contribution in [0.25, 0.3) is 11.3 Å². The summed E-state index contributed by atoms with van der Waals surface area (Å²) >= 11 is 0. The summed E-state index contributed by atoms with van der Waals surface area (Å²) in [4.78, 5) is 36.6. The third-order valence-corrected chi connectivity index (χ3v) is 5.82. The molecule has 5 rings (SSSR count). The van der Waals surface area contributed by atoms with Gasteiger partial charge in [-0.25, -0.2) is 4.98 Å². The van der Waals surface area contributed by atoms with Gasteiger partial charge in [-0.2, -0.15) is 0 Å². The van der Waals surface area contributed by atoms with Crippen LogP contribution < -0.4 is 19.9 Å². The molecule has 1 aromatic carbocycles. The summed E-state index contributed by atoms with van der Waals surface area (Å²) in [5, 5.41) is 0. The van der Waals surface area contributed by atoms with Crippen LogP contribution >= 0.6 is 0 Å². The summed E-state index contributed by atoms with van der Waals surface area (Å²) in [5.74, 6) is 1.72. The standard InChI is InChI=1S/C23H22N4O4/c1-26-21(28)12-18(15-6-8-24-9-7-15)25-23(26)27-10-2-3-17(13-27)22(29)16-4-5-19-20(11-16)31-14-30-19/h4-9,11-12,17H,2-3,10,13-14H2,1H3. The molecule has 2 aliphatic rings. The summed E-state index contributed by atoms with van der Waals surface area (Å²) in [6.45, 7) is 1.43. The van der Waals surface area contributed by atoms with Crippen molar-refractivity contribution in [3.63, 3.8) is 0 Å². The number of carbonyl (C=O) groups is 1. The first-order valence-electron chi connectivity index (χ1n) is 10.3. The Morgan fingerprint density at radius 3 is 2.74 bits per heavy atom. The molecule has 0 bridgehead atoms. The van der Waals surface area contributed by atoms with Crippen molar-refractivity contribution in [2.45, 2.75) is 12.8 Å². The van der Waals surface area contributed by atoms with Gasteiger partial charge >= 0.3 is 0 Å². The summed E-state index contributed by atoms with van der Waals surface area (Å²) in [5.41, 5.74) is 1.91. The Morgan fingerprint density at radius 1 is 1.10 bits per heavy atom. The fourth-order valence-corrected chi connectivity index (χ4v) is 4.14. The maximum atomic E-state index is 13.2. The summed E-state index contributed by atoms with van der Waals surface area (Å²) in [6.07, 6.45) is 4.99. The van der Waals surface area contributed by atoms with Gasteiger partial charge in [0.15, 0.2) is 17.3 Å². The Kier molecular flexibility index (Phi) is 4.89. The van der Waals surface area contributed by atoms with E-state index in [9.17, 15) is 9.59 Å². The molecule has 158 valence electrons. The first-order chi connectivity index (χ1) is 15.1. The monoisotopic (exact) mass is 418 g/mol. The maximum Gasteiger partial charge on any atom is 0.255 e. The summed E-state index contributed by atoms with van der Waals surface area (Å²) in [6, 6.07) is 10.5. The first kappa shape index (κ1) is 19.3. The Morgan fingerprint density at radius 2 is 1.90 bits per heavy atom. The second-order valence-electron chi connectivity index (χ2n) is 7.79. The number of fused-ring (bicyclic) bond motifs is 1. The topological polar surface area (TPSA) is 86.6 Å². The molecular weight excluding hydrogens is 396 g/mol.